The lowest BCUT2D eigenvalue weighted by molar-refractivity contribution is -0.138. The van der Waals surface area contributed by atoms with Gasteiger partial charge in [0.15, 0.2) is 0 Å². The van der Waals surface area contributed by atoms with Gasteiger partial charge in [0.25, 0.3) is 0 Å². The van der Waals surface area contributed by atoms with Crippen LogP contribution >= 0.6 is 0 Å². The fourth-order valence-electron chi connectivity index (χ4n) is 2.33. The van der Waals surface area contributed by atoms with Gasteiger partial charge in [0.2, 0.25) is 5.91 Å². The molecule has 0 radical (unpaired) electrons. The maximum absolute atomic E-state index is 12.6. The SMILES string of the molecule is CN(C)CCN(Cc1ccc(C(F)(F)F)cc1)C(=O)C1CNC1. The zero-order valence-corrected chi connectivity index (χ0v) is 13.4. The Hall–Kier alpha value is -1.60. The number of alkyl halides is 3. The van der Waals surface area contributed by atoms with E-state index in [0.717, 1.165) is 12.1 Å². The van der Waals surface area contributed by atoms with Crippen molar-refractivity contribution in [2.45, 2.75) is 12.7 Å². The minimum absolute atomic E-state index is 0.0217. The van der Waals surface area contributed by atoms with Crippen molar-refractivity contribution in [3.05, 3.63) is 35.4 Å². The van der Waals surface area contributed by atoms with E-state index in [1.165, 1.54) is 12.1 Å². The maximum Gasteiger partial charge on any atom is 0.416 e. The maximum atomic E-state index is 12.6. The fraction of sp³-hybridized carbons (Fsp3) is 0.562. The Kier molecular flexibility index (Phi) is 5.64. The van der Waals surface area contributed by atoms with Gasteiger partial charge in [0, 0.05) is 32.7 Å². The van der Waals surface area contributed by atoms with E-state index in [0.29, 0.717) is 38.3 Å². The zero-order chi connectivity index (χ0) is 17.0. The highest BCUT2D eigenvalue weighted by Gasteiger charge is 2.31. The van der Waals surface area contributed by atoms with Crippen molar-refractivity contribution >= 4 is 5.91 Å². The highest BCUT2D eigenvalue weighted by atomic mass is 19.4. The Morgan fingerprint density at radius 1 is 1.17 bits per heavy atom. The molecule has 0 atom stereocenters. The first-order valence-corrected chi connectivity index (χ1v) is 7.57. The minimum atomic E-state index is -4.34. The lowest BCUT2D eigenvalue weighted by Crippen LogP contribution is -2.52. The molecule has 0 spiro atoms. The van der Waals surface area contributed by atoms with Crippen molar-refractivity contribution in [1.29, 1.82) is 0 Å². The number of hydrogen-bond donors (Lipinski definition) is 1. The third-order valence-corrected chi connectivity index (χ3v) is 3.91. The molecule has 1 saturated heterocycles. The van der Waals surface area contributed by atoms with E-state index in [4.69, 9.17) is 0 Å². The molecule has 1 aromatic carbocycles. The topological polar surface area (TPSA) is 35.6 Å². The number of hydrogen-bond acceptors (Lipinski definition) is 3. The first-order chi connectivity index (χ1) is 10.8. The standard InChI is InChI=1S/C16H22F3N3O/c1-21(2)7-8-22(15(23)13-9-20-10-13)11-12-3-5-14(6-4-12)16(17,18)19/h3-6,13,20H,7-11H2,1-2H3. The molecule has 0 bridgehead atoms. The lowest BCUT2D eigenvalue weighted by atomic mass is 10.0. The number of rotatable bonds is 6. The zero-order valence-electron chi connectivity index (χ0n) is 13.4. The van der Waals surface area contributed by atoms with E-state index < -0.39 is 11.7 Å². The summed E-state index contributed by atoms with van der Waals surface area (Å²) >= 11 is 0. The van der Waals surface area contributed by atoms with Gasteiger partial charge in [-0.2, -0.15) is 13.2 Å². The second kappa shape index (κ2) is 7.31. The number of carbonyl (C=O) groups is 1. The Morgan fingerprint density at radius 2 is 1.78 bits per heavy atom. The molecule has 1 fully saturated rings. The smallest absolute Gasteiger partial charge is 0.337 e. The van der Waals surface area contributed by atoms with E-state index >= 15 is 0 Å². The van der Waals surface area contributed by atoms with Crippen molar-refractivity contribution in [1.82, 2.24) is 15.1 Å². The van der Waals surface area contributed by atoms with E-state index in [9.17, 15) is 18.0 Å². The Labute approximate surface area is 134 Å². The fourth-order valence-corrected chi connectivity index (χ4v) is 2.33. The van der Waals surface area contributed by atoms with Crippen LogP contribution in [0.15, 0.2) is 24.3 Å². The molecule has 0 aliphatic carbocycles. The van der Waals surface area contributed by atoms with Gasteiger partial charge in [0.05, 0.1) is 11.5 Å². The van der Waals surface area contributed by atoms with Gasteiger partial charge < -0.3 is 15.1 Å². The third kappa shape index (κ3) is 4.94. The first-order valence-electron chi connectivity index (χ1n) is 7.57. The summed E-state index contributed by atoms with van der Waals surface area (Å²) in [7, 11) is 3.84. The van der Waals surface area contributed by atoms with Crippen LogP contribution < -0.4 is 5.32 Å². The molecule has 0 saturated carbocycles. The quantitative estimate of drug-likeness (QED) is 0.865. The molecule has 0 unspecified atom stereocenters. The molecule has 1 aromatic rings. The lowest BCUT2D eigenvalue weighted by Gasteiger charge is -2.33. The second-order valence-corrected chi connectivity index (χ2v) is 6.11. The van der Waals surface area contributed by atoms with E-state index in [-0.39, 0.29) is 11.8 Å². The van der Waals surface area contributed by atoms with Crippen molar-refractivity contribution in [3.63, 3.8) is 0 Å². The van der Waals surface area contributed by atoms with Crippen LogP contribution in [0.25, 0.3) is 0 Å². The number of carbonyl (C=O) groups excluding carboxylic acids is 1. The Bertz CT molecular complexity index is 524. The van der Waals surface area contributed by atoms with E-state index in [2.05, 4.69) is 5.32 Å². The van der Waals surface area contributed by atoms with Crippen LogP contribution in [0.3, 0.4) is 0 Å². The molecule has 2 rings (SSSR count). The van der Waals surface area contributed by atoms with Crippen LogP contribution in [0.5, 0.6) is 0 Å². The highest BCUT2D eigenvalue weighted by Crippen LogP contribution is 2.29. The number of amides is 1. The van der Waals surface area contributed by atoms with Crippen LogP contribution in [0.2, 0.25) is 0 Å². The predicted octanol–water partition coefficient (Wildman–Crippen LogP) is 1.81. The summed E-state index contributed by atoms with van der Waals surface area (Å²) in [6.45, 7) is 2.95. The van der Waals surface area contributed by atoms with Crippen LogP contribution in [0, 0.1) is 5.92 Å². The van der Waals surface area contributed by atoms with Crippen LogP contribution in [0.1, 0.15) is 11.1 Å². The second-order valence-electron chi connectivity index (χ2n) is 6.11. The third-order valence-electron chi connectivity index (χ3n) is 3.91. The van der Waals surface area contributed by atoms with E-state index in [1.807, 2.05) is 19.0 Å². The summed E-state index contributed by atoms with van der Waals surface area (Å²) in [5, 5.41) is 3.07. The van der Waals surface area contributed by atoms with Gasteiger partial charge in [-0.25, -0.2) is 0 Å². The van der Waals surface area contributed by atoms with Crippen molar-refractivity contribution in [2.24, 2.45) is 5.92 Å². The summed E-state index contributed by atoms with van der Waals surface area (Å²) in [5.74, 6) is 0.0390. The normalized spacial score (nSPS) is 15.6. The minimum Gasteiger partial charge on any atom is -0.337 e. The van der Waals surface area contributed by atoms with Gasteiger partial charge >= 0.3 is 6.18 Å². The van der Waals surface area contributed by atoms with Crippen LogP contribution in [-0.2, 0) is 17.5 Å². The average molecular weight is 329 g/mol. The summed E-state index contributed by atoms with van der Waals surface area (Å²) in [6.07, 6.45) is -4.34. The molecule has 7 heteroatoms. The average Bonchev–Trinajstić information content (AvgIpc) is 2.40. The van der Waals surface area contributed by atoms with E-state index in [1.54, 1.807) is 4.90 Å². The van der Waals surface area contributed by atoms with Gasteiger partial charge in [-0.3, -0.25) is 4.79 Å². The van der Waals surface area contributed by atoms with Crippen molar-refractivity contribution < 1.29 is 18.0 Å². The van der Waals surface area contributed by atoms with Gasteiger partial charge in [-0.15, -0.1) is 0 Å². The molecule has 1 aliphatic heterocycles. The molecule has 4 nitrogen and oxygen atoms in total. The molecule has 0 aromatic heterocycles. The van der Waals surface area contributed by atoms with Crippen molar-refractivity contribution in [2.75, 3.05) is 40.3 Å². The molecule has 1 heterocycles. The Morgan fingerprint density at radius 3 is 2.22 bits per heavy atom. The number of benzene rings is 1. The predicted molar refractivity (Wildman–Crippen MR) is 81.8 cm³/mol. The van der Waals surface area contributed by atoms with Gasteiger partial charge in [-0.1, -0.05) is 12.1 Å². The molecule has 128 valence electrons. The summed E-state index contributed by atoms with van der Waals surface area (Å²) in [5.41, 5.74) is 0.0352. The summed E-state index contributed by atoms with van der Waals surface area (Å²) in [4.78, 5) is 16.2. The van der Waals surface area contributed by atoms with Crippen LogP contribution in [-0.4, -0.2) is 56.0 Å². The van der Waals surface area contributed by atoms with Crippen LogP contribution in [0.4, 0.5) is 13.2 Å². The number of nitrogens with one attached hydrogen (secondary N) is 1. The van der Waals surface area contributed by atoms with Gasteiger partial charge in [0.1, 0.15) is 0 Å². The summed E-state index contributed by atoms with van der Waals surface area (Å²) in [6, 6.07) is 5.01. The number of likely N-dealkylation sites (N-methyl/N-ethyl adjacent to an activating group) is 1. The summed E-state index contributed by atoms with van der Waals surface area (Å²) < 4.78 is 37.8. The molecular weight excluding hydrogens is 307 g/mol. The monoisotopic (exact) mass is 329 g/mol. The largest absolute Gasteiger partial charge is 0.416 e. The van der Waals surface area contributed by atoms with Gasteiger partial charge in [-0.05, 0) is 31.8 Å². The first kappa shape index (κ1) is 17.7. The Balaban J connectivity index is 2.05. The van der Waals surface area contributed by atoms with Crippen molar-refractivity contribution in [3.8, 4) is 0 Å². The number of halogens is 3. The molecule has 1 amide bonds. The molecule has 23 heavy (non-hydrogen) atoms. The number of nitrogens with zero attached hydrogens (tertiary/aromatic N) is 2. The molecule has 1 aliphatic rings. The molecular formula is C16H22F3N3O. The molecule has 1 N–H and O–H groups in total. The highest BCUT2D eigenvalue weighted by molar-refractivity contribution is 5.80.